The highest BCUT2D eigenvalue weighted by molar-refractivity contribution is 5.91. The number of anilines is 1. The molecule has 118 valence electrons. The van der Waals surface area contributed by atoms with E-state index in [-0.39, 0.29) is 0 Å². The number of esters is 1. The first-order valence-electron chi connectivity index (χ1n) is 6.94. The number of benzene rings is 1. The van der Waals surface area contributed by atoms with Gasteiger partial charge in [0.05, 0.1) is 32.0 Å². The van der Waals surface area contributed by atoms with Gasteiger partial charge in [-0.3, -0.25) is 0 Å². The molecule has 6 heteroatoms. The lowest BCUT2D eigenvalue weighted by Gasteiger charge is -2.09. The number of carbonyl (C=O) groups excluding carboxylic acids is 1. The molecule has 0 fully saturated rings. The van der Waals surface area contributed by atoms with E-state index < -0.39 is 5.97 Å². The van der Waals surface area contributed by atoms with Crippen molar-refractivity contribution >= 4 is 11.7 Å². The van der Waals surface area contributed by atoms with Crippen LogP contribution in [0.5, 0.6) is 5.75 Å². The molecule has 1 aromatic rings. The van der Waals surface area contributed by atoms with Crippen molar-refractivity contribution in [2.75, 3.05) is 45.9 Å². The first-order chi connectivity index (χ1) is 10.2. The summed E-state index contributed by atoms with van der Waals surface area (Å²) in [7, 11) is 1.62. The number of methoxy groups -OCH3 is 1. The third kappa shape index (κ3) is 6.97. The minimum atomic E-state index is -0.417. The highest BCUT2D eigenvalue weighted by Crippen LogP contribution is 2.19. The van der Waals surface area contributed by atoms with Crippen LogP contribution in [0.2, 0.25) is 0 Å². The summed E-state index contributed by atoms with van der Waals surface area (Å²) < 4.78 is 20.6. The van der Waals surface area contributed by atoms with E-state index in [1.807, 2.05) is 6.92 Å². The third-order valence-electron chi connectivity index (χ3n) is 2.57. The van der Waals surface area contributed by atoms with E-state index in [1.165, 1.54) is 0 Å². The van der Waals surface area contributed by atoms with Crippen LogP contribution in [-0.4, -0.2) is 46.1 Å². The molecule has 0 saturated carbocycles. The van der Waals surface area contributed by atoms with Gasteiger partial charge >= 0.3 is 5.97 Å². The summed E-state index contributed by atoms with van der Waals surface area (Å²) in [5.41, 5.74) is 6.59. The minimum absolute atomic E-state index is 0.296. The Labute approximate surface area is 125 Å². The summed E-state index contributed by atoms with van der Waals surface area (Å²) >= 11 is 0. The molecular weight excluding hydrogens is 274 g/mol. The highest BCUT2D eigenvalue weighted by atomic mass is 16.5. The molecule has 0 aromatic heterocycles. The number of carbonyl (C=O) groups is 1. The van der Waals surface area contributed by atoms with Crippen molar-refractivity contribution in [2.45, 2.75) is 13.3 Å². The van der Waals surface area contributed by atoms with Gasteiger partial charge in [0.1, 0.15) is 5.75 Å². The summed E-state index contributed by atoms with van der Waals surface area (Å²) in [6.45, 7) is 4.30. The molecule has 0 saturated heterocycles. The van der Waals surface area contributed by atoms with Crippen LogP contribution in [0, 0.1) is 0 Å². The maximum Gasteiger partial charge on any atom is 0.338 e. The fourth-order valence-corrected chi connectivity index (χ4v) is 1.64. The number of ether oxygens (including phenoxy) is 4. The standard InChI is InChI=1S/C15H23NO5/c1-3-20-14-10-12(9-13(16)11-14)15(17)21-6-4-5-19-8-7-18-2/h9-11H,3-8,16H2,1-2H3. The lowest BCUT2D eigenvalue weighted by atomic mass is 10.2. The second-order valence-corrected chi connectivity index (χ2v) is 4.32. The van der Waals surface area contributed by atoms with Gasteiger partial charge in [-0.05, 0) is 19.1 Å². The van der Waals surface area contributed by atoms with Crippen molar-refractivity contribution in [3.8, 4) is 5.75 Å². The number of hydrogen-bond donors (Lipinski definition) is 1. The zero-order valence-corrected chi connectivity index (χ0v) is 12.6. The fraction of sp³-hybridized carbons (Fsp3) is 0.533. The van der Waals surface area contributed by atoms with E-state index in [0.717, 1.165) is 0 Å². The van der Waals surface area contributed by atoms with Gasteiger partial charge in [0.2, 0.25) is 0 Å². The van der Waals surface area contributed by atoms with E-state index in [1.54, 1.807) is 25.3 Å². The molecule has 21 heavy (non-hydrogen) atoms. The molecule has 0 aliphatic heterocycles. The lowest BCUT2D eigenvalue weighted by Crippen LogP contribution is -2.10. The Morgan fingerprint density at radius 2 is 1.95 bits per heavy atom. The second kappa shape index (κ2) is 10.0. The monoisotopic (exact) mass is 297 g/mol. The van der Waals surface area contributed by atoms with E-state index in [0.29, 0.717) is 56.5 Å². The van der Waals surface area contributed by atoms with E-state index in [4.69, 9.17) is 24.7 Å². The number of rotatable bonds is 10. The van der Waals surface area contributed by atoms with E-state index in [2.05, 4.69) is 0 Å². The minimum Gasteiger partial charge on any atom is -0.494 e. The quantitative estimate of drug-likeness (QED) is 0.403. The zero-order valence-electron chi connectivity index (χ0n) is 12.6. The maximum atomic E-state index is 11.9. The van der Waals surface area contributed by atoms with Crippen LogP contribution in [0.15, 0.2) is 18.2 Å². The molecule has 1 rings (SSSR count). The number of nitrogens with two attached hydrogens (primary N) is 1. The van der Waals surface area contributed by atoms with Gasteiger partial charge in [-0.25, -0.2) is 4.79 Å². The number of hydrogen-bond acceptors (Lipinski definition) is 6. The second-order valence-electron chi connectivity index (χ2n) is 4.32. The molecule has 0 aliphatic carbocycles. The SMILES string of the molecule is CCOc1cc(N)cc(C(=O)OCCCOCCOC)c1. The molecule has 0 bridgehead atoms. The van der Waals surface area contributed by atoms with Crippen molar-refractivity contribution < 1.29 is 23.7 Å². The maximum absolute atomic E-state index is 11.9. The fourth-order valence-electron chi connectivity index (χ4n) is 1.64. The van der Waals surface area contributed by atoms with Crippen LogP contribution < -0.4 is 10.5 Å². The summed E-state index contributed by atoms with van der Waals surface area (Å²) in [6.07, 6.45) is 0.635. The van der Waals surface area contributed by atoms with Crippen molar-refractivity contribution in [2.24, 2.45) is 0 Å². The van der Waals surface area contributed by atoms with Gasteiger partial charge in [0, 0.05) is 31.9 Å². The van der Waals surface area contributed by atoms with Gasteiger partial charge in [-0.2, -0.15) is 0 Å². The molecule has 0 atom stereocenters. The predicted octanol–water partition coefficient (Wildman–Crippen LogP) is 1.88. The summed E-state index contributed by atoms with van der Waals surface area (Å²) in [4.78, 5) is 11.9. The molecule has 6 nitrogen and oxygen atoms in total. The molecule has 0 heterocycles. The van der Waals surface area contributed by atoms with Crippen molar-refractivity contribution in [3.05, 3.63) is 23.8 Å². The topological polar surface area (TPSA) is 80.0 Å². The average molecular weight is 297 g/mol. The molecule has 0 unspecified atom stereocenters. The Kier molecular flexibility index (Phi) is 8.23. The predicted molar refractivity (Wildman–Crippen MR) is 79.6 cm³/mol. The van der Waals surface area contributed by atoms with E-state index in [9.17, 15) is 4.79 Å². The van der Waals surface area contributed by atoms with Crippen molar-refractivity contribution in [1.82, 2.24) is 0 Å². The van der Waals surface area contributed by atoms with Crippen LogP contribution in [0.25, 0.3) is 0 Å². The Morgan fingerprint density at radius 1 is 1.14 bits per heavy atom. The Hall–Kier alpha value is -1.79. The summed E-state index contributed by atoms with van der Waals surface area (Å²) in [5.74, 6) is 0.146. The Morgan fingerprint density at radius 3 is 2.67 bits per heavy atom. The molecule has 0 radical (unpaired) electrons. The van der Waals surface area contributed by atoms with Crippen LogP contribution in [0.1, 0.15) is 23.7 Å². The lowest BCUT2D eigenvalue weighted by molar-refractivity contribution is 0.0385. The van der Waals surface area contributed by atoms with Crippen LogP contribution in [0.4, 0.5) is 5.69 Å². The average Bonchev–Trinajstić information content (AvgIpc) is 2.46. The Balaban J connectivity index is 2.34. The normalized spacial score (nSPS) is 10.4. The smallest absolute Gasteiger partial charge is 0.338 e. The number of nitrogen functional groups attached to an aromatic ring is 1. The van der Waals surface area contributed by atoms with Crippen molar-refractivity contribution in [1.29, 1.82) is 0 Å². The van der Waals surface area contributed by atoms with Gasteiger partial charge in [0.15, 0.2) is 0 Å². The summed E-state index contributed by atoms with van der Waals surface area (Å²) in [6, 6.07) is 4.86. The first-order valence-corrected chi connectivity index (χ1v) is 6.94. The zero-order chi connectivity index (χ0) is 15.5. The van der Waals surface area contributed by atoms with Crippen molar-refractivity contribution in [3.63, 3.8) is 0 Å². The highest BCUT2D eigenvalue weighted by Gasteiger charge is 2.10. The van der Waals surface area contributed by atoms with Gasteiger partial charge in [-0.1, -0.05) is 0 Å². The Bertz CT molecular complexity index is 436. The van der Waals surface area contributed by atoms with Gasteiger partial charge < -0.3 is 24.7 Å². The van der Waals surface area contributed by atoms with Crippen LogP contribution in [-0.2, 0) is 14.2 Å². The van der Waals surface area contributed by atoms with Crippen LogP contribution >= 0.6 is 0 Å². The van der Waals surface area contributed by atoms with Crippen LogP contribution in [0.3, 0.4) is 0 Å². The van der Waals surface area contributed by atoms with Gasteiger partial charge in [0.25, 0.3) is 0 Å². The summed E-state index contributed by atoms with van der Waals surface area (Å²) in [5, 5.41) is 0. The molecule has 0 aliphatic rings. The van der Waals surface area contributed by atoms with Gasteiger partial charge in [-0.15, -0.1) is 0 Å². The van der Waals surface area contributed by atoms with E-state index >= 15 is 0 Å². The molecule has 1 aromatic carbocycles. The third-order valence-corrected chi connectivity index (χ3v) is 2.57. The largest absolute Gasteiger partial charge is 0.494 e. The first kappa shape index (κ1) is 17.3. The molecular formula is C15H23NO5. The molecule has 0 amide bonds. The molecule has 2 N–H and O–H groups in total. The molecule has 0 spiro atoms.